The van der Waals surface area contributed by atoms with Crippen molar-refractivity contribution in [2.45, 2.75) is 33.2 Å². The van der Waals surface area contributed by atoms with Gasteiger partial charge in [0.15, 0.2) is 0 Å². The molecule has 1 aromatic carbocycles. The molecule has 0 atom stereocenters. The molecule has 1 heterocycles. The van der Waals surface area contributed by atoms with Crippen LogP contribution in [0.4, 0.5) is 0 Å². The van der Waals surface area contributed by atoms with Gasteiger partial charge in [-0.3, -0.25) is 14.5 Å². The Morgan fingerprint density at radius 1 is 1.24 bits per heavy atom. The van der Waals surface area contributed by atoms with E-state index in [2.05, 4.69) is 11.8 Å². The molecule has 0 spiro atoms. The van der Waals surface area contributed by atoms with Gasteiger partial charge in [0.1, 0.15) is 0 Å². The first-order valence-electron chi connectivity index (χ1n) is 7.02. The minimum absolute atomic E-state index is 0.102. The molecule has 2 N–H and O–H groups in total. The predicted molar refractivity (Wildman–Crippen MR) is 80.9 cm³/mol. The number of benzene rings is 1. The lowest BCUT2D eigenvalue weighted by atomic mass is 9.81. The average Bonchev–Trinajstić information content (AvgIpc) is 2.40. The molecule has 1 fully saturated rings. The third-order valence-corrected chi connectivity index (χ3v) is 3.46. The number of piperidine rings is 1. The first kappa shape index (κ1) is 15.3. The van der Waals surface area contributed by atoms with Crippen molar-refractivity contribution >= 4 is 11.8 Å². The van der Waals surface area contributed by atoms with Crippen LogP contribution in [0.3, 0.4) is 0 Å². The molecule has 21 heavy (non-hydrogen) atoms. The van der Waals surface area contributed by atoms with Crippen molar-refractivity contribution in [3.63, 3.8) is 0 Å². The van der Waals surface area contributed by atoms with E-state index in [1.807, 2.05) is 38.1 Å². The number of hydrogen-bond donors (Lipinski definition) is 1. The fourth-order valence-corrected chi connectivity index (χ4v) is 2.47. The van der Waals surface area contributed by atoms with Crippen molar-refractivity contribution in [2.24, 2.45) is 11.1 Å². The Hall–Kier alpha value is -2.12. The van der Waals surface area contributed by atoms with Gasteiger partial charge in [-0.2, -0.15) is 0 Å². The first-order chi connectivity index (χ1) is 9.91. The van der Waals surface area contributed by atoms with Crippen LogP contribution in [0.5, 0.6) is 0 Å². The summed E-state index contributed by atoms with van der Waals surface area (Å²) in [5.74, 6) is 5.54. The predicted octanol–water partition coefficient (Wildman–Crippen LogP) is 1.67. The molecule has 0 radical (unpaired) electrons. The van der Waals surface area contributed by atoms with Crippen molar-refractivity contribution in [3.8, 4) is 11.8 Å². The molecule has 2 amide bonds. The lowest BCUT2D eigenvalue weighted by Gasteiger charge is -2.34. The highest BCUT2D eigenvalue weighted by atomic mass is 16.2. The third-order valence-electron chi connectivity index (χ3n) is 3.46. The second-order valence-corrected chi connectivity index (χ2v) is 6.10. The molecule has 4 nitrogen and oxygen atoms in total. The Bertz CT molecular complexity index is 603. The van der Waals surface area contributed by atoms with Crippen LogP contribution < -0.4 is 5.73 Å². The Kier molecular flexibility index (Phi) is 4.44. The molecule has 2 rings (SSSR count). The summed E-state index contributed by atoms with van der Waals surface area (Å²) in [5, 5.41) is 0. The number of hydrogen-bond acceptors (Lipinski definition) is 3. The molecule has 0 unspecified atom stereocenters. The summed E-state index contributed by atoms with van der Waals surface area (Å²) in [6.07, 6.45) is 0.816. The van der Waals surface area contributed by atoms with Gasteiger partial charge in [0.2, 0.25) is 11.8 Å². The Morgan fingerprint density at radius 2 is 1.90 bits per heavy atom. The maximum atomic E-state index is 12.1. The molecule has 0 bridgehead atoms. The summed E-state index contributed by atoms with van der Waals surface area (Å²) in [6.45, 7) is 4.51. The zero-order valence-corrected chi connectivity index (χ0v) is 12.5. The molecule has 0 saturated carbocycles. The Labute approximate surface area is 125 Å². The number of nitrogens with zero attached hydrogens (tertiary/aromatic N) is 1. The van der Waals surface area contributed by atoms with E-state index in [9.17, 15) is 9.59 Å². The van der Waals surface area contributed by atoms with Crippen molar-refractivity contribution in [3.05, 3.63) is 35.4 Å². The van der Waals surface area contributed by atoms with Crippen molar-refractivity contribution in [2.75, 3.05) is 6.54 Å². The van der Waals surface area contributed by atoms with E-state index in [0.29, 0.717) is 25.9 Å². The molecule has 0 aliphatic carbocycles. The zero-order valence-electron chi connectivity index (χ0n) is 12.5. The van der Waals surface area contributed by atoms with Crippen LogP contribution in [0.2, 0.25) is 0 Å². The monoisotopic (exact) mass is 284 g/mol. The minimum Gasteiger partial charge on any atom is -0.320 e. The molecular weight excluding hydrogens is 264 g/mol. The summed E-state index contributed by atoms with van der Waals surface area (Å²) in [7, 11) is 0. The van der Waals surface area contributed by atoms with Crippen LogP contribution in [0.1, 0.15) is 37.8 Å². The highest BCUT2D eigenvalue weighted by Crippen LogP contribution is 2.32. The quantitative estimate of drug-likeness (QED) is 0.664. The summed E-state index contributed by atoms with van der Waals surface area (Å²) < 4.78 is 0. The summed E-state index contributed by atoms with van der Waals surface area (Å²) >= 11 is 0. The van der Waals surface area contributed by atoms with E-state index in [1.54, 1.807) is 0 Å². The maximum absolute atomic E-state index is 12.1. The van der Waals surface area contributed by atoms with Crippen molar-refractivity contribution < 1.29 is 9.59 Å². The van der Waals surface area contributed by atoms with Crippen LogP contribution in [0.25, 0.3) is 0 Å². The van der Waals surface area contributed by atoms with Gasteiger partial charge in [-0.1, -0.05) is 37.8 Å². The molecule has 1 aromatic rings. The third kappa shape index (κ3) is 3.93. The minimum atomic E-state index is -0.237. The van der Waals surface area contributed by atoms with Gasteiger partial charge >= 0.3 is 0 Å². The molecule has 4 heteroatoms. The standard InChI is InChI=1S/C17H20N2O2/c1-17(2)10-15(20)19(16(21)11-17)12-14-6-3-5-13(9-14)7-4-8-18/h3,5-6,9H,8,10-12,18H2,1-2H3. The number of likely N-dealkylation sites (tertiary alicyclic amines) is 1. The van der Waals surface area contributed by atoms with Gasteiger partial charge in [-0.15, -0.1) is 0 Å². The summed E-state index contributed by atoms with van der Waals surface area (Å²) in [5.41, 5.74) is 6.86. The van der Waals surface area contributed by atoms with Crippen molar-refractivity contribution in [1.82, 2.24) is 4.90 Å². The van der Waals surface area contributed by atoms with Crippen LogP contribution in [0.15, 0.2) is 24.3 Å². The molecule has 1 aliphatic rings. The second-order valence-electron chi connectivity index (χ2n) is 6.10. The zero-order chi connectivity index (χ0) is 15.5. The number of imide groups is 1. The Balaban J connectivity index is 2.15. The first-order valence-corrected chi connectivity index (χ1v) is 7.02. The number of carbonyl (C=O) groups is 2. The van der Waals surface area contributed by atoms with Gasteiger partial charge in [0.05, 0.1) is 13.1 Å². The molecule has 110 valence electrons. The maximum Gasteiger partial charge on any atom is 0.230 e. The highest BCUT2D eigenvalue weighted by Gasteiger charge is 2.37. The van der Waals surface area contributed by atoms with Crippen LogP contribution >= 0.6 is 0 Å². The van der Waals surface area contributed by atoms with Crippen LogP contribution in [-0.2, 0) is 16.1 Å². The summed E-state index contributed by atoms with van der Waals surface area (Å²) in [6, 6.07) is 7.55. The highest BCUT2D eigenvalue weighted by molar-refractivity contribution is 5.98. The SMILES string of the molecule is CC1(C)CC(=O)N(Cc2cccc(C#CCN)c2)C(=O)C1. The Morgan fingerprint density at radius 3 is 2.52 bits per heavy atom. The molecule has 1 aliphatic heterocycles. The van der Waals surface area contributed by atoms with Gasteiger partial charge in [-0.25, -0.2) is 0 Å². The lowest BCUT2D eigenvalue weighted by molar-refractivity contribution is -0.153. The normalized spacial score (nSPS) is 17.4. The topological polar surface area (TPSA) is 63.4 Å². The fourth-order valence-electron chi connectivity index (χ4n) is 2.47. The van der Waals surface area contributed by atoms with Crippen LogP contribution in [-0.4, -0.2) is 23.3 Å². The number of rotatable bonds is 2. The lowest BCUT2D eigenvalue weighted by Crippen LogP contribution is -2.45. The van der Waals surface area contributed by atoms with Gasteiger partial charge in [-0.05, 0) is 23.1 Å². The smallest absolute Gasteiger partial charge is 0.230 e. The molecule has 1 saturated heterocycles. The van der Waals surface area contributed by atoms with E-state index in [0.717, 1.165) is 11.1 Å². The second kappa shape index (κ2) is 6.11. The van der Waals surface area contributed by atoms with E-state index in [-0.39, 0.29) is 17.2 Å². The summed E-state index contributed by atoms with van der Waals surface area (Å²) in [4.78, 5) is 25.6. The fraction of sp³-hybridized carbons (Fsp3) is 0.412. The molecule has 0 aromatic heterocycles. The molecular formula is C17H20N2O2. The van der Waals surface area contributed by atoms with E-state index >= 15 is 0 Å². The van der Waals surface area contributed by atoms with Gasteiger partial charge < -0.3 is 5.73 Å². The number of nitrogens with two attached hydrogens (primary N) is 1. The van der Waals surface area contributed by atoms with Gasteiger partial charge in [0.25, 0.3) is 0 Å². The van der Waals surface area contributed by atoms with Gasteiger partial charge in [0, 0.05) is 18.4 Å². The number of amides is 2. The van der Waals surface area contributed by atoms with E-state index in [4.69, 9.17) is 5.73 Å². The average molecular weight is 284 g/mol. The number of carbonyl (C=O) groups excluding carboxylic acids is 2. The largest absolute Gasteiger partial charge is 0.320 e. The van der Waals surface area contributed by atoms with E-state index < -0.39 is 0 Å². The van der Waals surface area contributed by atoms with Crippen molar-refractivity contribution in [1.29, 1.82) is 0 Å². The van der Waals surface area contributed by atoms with E-state index in [1.165, 1.54) is 4.90 Å². The van der Waals surface area contributed by atoms with Crippen LogP contribution in [0, 0.1) is 17.3 Å².